The lowest BCUT2D eigenvalue weighted by Crippen LogP contribution is -2.38. The van der Waals surface area contributed by atoms with Gasteiger partial charge in [-0.25, -0.2) is 4.79 Å². The summed E-state index contributed by atoms with van der Waals surface area (Å²) in [4.78, 5) is 24.9. The van der Waals surface area contributed by atoms with Gasteiger partial charge in [0.25, 0.3) is 0 Å². The van der Waals surface area contributed by atoms with Crippen molar-refractivity contribution in [1.82, 2.24) is 15.5 Å². The first-order valence-corrected chi connectivity index (χ1v) is 7.02. The van der Waals surface area contributed by atoms with Crippen LogP contribution in [-0.4, -0.2) is 36.5 Å². The highest BCUT2D eigenvalue weighted by molar-refractivity contribution is 5.78. The number of rotatable bonds is 6. The summed E-state index contributed by atoms with van der Waals surface area (Å²) < 4.78 is 5.21. The van der Waals surface area contributed by atoms with E-state index in [0.29, 0.717) is 19.5 Å². The van der Waals surface area contributed by atoms with Gasteiger partial charge in [0.2, 0.25) is 5.91 Å². The standard InChI is InChI=1S/C14H21N3O3/c1-11(12-5-3-10-20-12)16-14(19)15-7-4-9-17-8-2-6-13(17)18/h3,5,10-11H,2,4,6-9H2,1H3,(H2,15,16,19)/t11-/m1/s1. The molecule has 0 saturated carbocycles. The molecule has 2 heterocycles. The van der Waals surface area contributed by atoms with E-state index in [0.717, 1.165) is 25.1 Å². The molecular weight excluding hydrogens is 258 g/mol. The smallest absolute Gasteiger partial charge is 0.315 e. The van der Waals surface area contributed by atoms with Gasteiger partial charge in [0, 0.05) is 26.1 Å². The Morgan fingerprint density at radius 1 is 1.55 bits per heavy atom. The van der Waals surface area contributed by atoms with E-state index in [9.17, 15) is 9.59 Å². The summed E-state index contributed by atoms with van der Waals surface area (Å²) in [6.07, 6.45) is 3.97. The second-order valence-electron chi connectivity index (χ2n) is 4.98. The molecule has 0 radical (unpaired) electrons. The number of hydrogen-bond acceptors (Lipinski definition) is 3. The van der Waals surface area contributed by atoms with Gasteiger partial charge in [-0.15, -0.1) is 0 Å². The Labute approximate surface area is 118 Å². The Kier molecular flexibility index (Phi) is 5.03. The summed E-state index contributed by atoms with van der Waals surface area (Å²) in [5, 5.41) is 5.58. The molecule has 0 spiro atoms. The van der Waals surface area contributed by atoms with Crippen LogP contribution in [0.25, 0.3) is 0 Å². The normalized spacial score (nSPS) is 16.2. The number of carbonyl (C=O) groups is 2. The molecule has 0 aliphatic carbocycles. The van der Waals surface area contributed by atoms with Gasteiger partial charge in [0.15, 0.2) is 0 Å². The number of nitrogens with one attached hydrogen (secondary N) is 2. The highest BCUT2D eigenvalue weighted by Gasteiger charge is 2.19. The Morgan fingerprint density at radius 2 is 2.40 bits per heavy atom. The van der Waals surface area contributed by atoms with Crippen LogP contribution in [0.3, 0.4) is 0 Å². The van der Waals surface area contributed by atoms with Gasteiger partial charge in [-0.05, 0) is 31.9 Å². The summed E-state index contributed by atoms with van der Waals surface area (Å²) in [6, 6.07) is 3.23. The molecule has 1 saturated heterocycles. The van der Waals surface area contributed by atoms with E-state index < -0.39 is 0 Å². The highest BCUT2D eigenvalue weighted by atomic mass is 16.3. The van der Waals surface area contributed by atoms with Crippen LogP contribution in [0, 0.1) is 0 Å². The minimum absolute atomic E-state index is 0.162. The summed E-state index contributed by atoms with van der Waals surface area (Å²) >= 11 is 0. The maximum Gasteiger partial charge on any atom is 0.315 e. The maximum atomic E-state index is 11.7. The van der Waals surface area contributed by atoms with Gasteiger partial charge in [-0.1, -0.05) is 0 Å². The Bertz CT molecular complexity index is 445. The fourth-order valence-electron chi connectivity index (χ4n) is 2.27. The van der Waals surface area contributed by atoms with Gasteiger partial charge in [-0.2, -0.15) is 0 Å². The molecule has 0 unspecified atom stereocenters. The number of hydrogen-bond donors (Lipinski definition) is 2. The summed E-state index contributed by atoms with van der Waals surface area (Å²) in [5.41, 5.74) is 0. The fourth-order valence-corrected chi connectivity index (χ4v) is 2.27. The molecule has 3 amide bonds. The van der Waals surface area contributed by atoms with Crippen molar-refractivity contribution in [2.24, 2.45) is 0 Å². The van der Waals surface area contributed by atoms with Crippen molar-refractivity contribution in [1.29, 1.82) is 0 Å². The van der Waals surface area contributed by atoms with Crippen LogP contribution >= 0.6 is 0 Å². The van der Waals surface area contributed by atoms with E-state index >= 15 is 0 Å². The predicted octanol–water partition coefficient (Wildman–Crippen LogP) is 1.65. The molecule has 0 aromatic carbocycles. The number of furan rings is 1. The molecule has 110 valence electrons. The van der Waals surface area contributed by atoms with E-state index in [1.807, 2.05) is 17.9 Å². The largest absolute Gasteiger partial charge is 0.467 e. The molecule has 6 nitrogen and oxygen atoms in total. The third kappa shape index (κ3) is 4.01. The molecule has 1 aromatic heterocycles. The monoisotopic (exact) mass is 279 g/mol. The summed E-state index contributed by atoms with van der Waals surface area (Å²) in [6.45, 7) is 3.98. The molecule has 1 aliphatic rings. The van der Waals surface area contributed by atoms with Gasteiger partial charge in [0.1, 0.15) is 5.76 Å². The van der Waals surface area contributed by atoms with Crippen molar-refractivity contribution in [2.75, 3.05) is 19.6 Å². The topological polar surface area (TPSA) is 74.6 Å². The minimum Gasteiger partial charge on any atom is -0.467 e. The van der Waals surface area contributed by atoms with E-state index in [2.05, 4.69) is 10.6 Å². The van der Waals surface area contributed by atoms with Crippen molar-refractivity contribution in [3.63, 3.8) is 0 Å². The third-order valence-corrected chi connectivity index (χ3v) is 3.38. The molecule has 20 heavy (non-hydrogen) atoms. The van der Waals surface area contributed by atoms with E-state index in [-0.39, 0.29) is 18.0 Å². The zero-order valence-electron chi connectivity index (χ0n) is 11.7. The number of urea groups is 1. The van der Waals surface area contributed by atoms with Crippen LogP contribution in [0.2, 0.25) is 0 Å². The van der Waals surface area contributed by atoms with Crippen molar-refractivity contribution >= 4 is 11.9 Å². The molecular formula is C14H21N3O3. The lowest BCUT2D eigenvalue weighted by Gasteiger charge is -2.16. The lowest BCUT2D eigenvalue weighted by atomic mass is 10.2. The summed E-state index contributed by atoms with van der Waals surface area (Å²) in [5.74, 6) is 0.948. The van der Waals surface area contributed by atoms with Crippen molar-refractivity contribution in [2.45, 2.75) is 32.2 Å². The average Bonchev–Trinajstić information content (AvgIpc) is 3.06. The minimum atomic E-state index is -0.221. The molecule has 1 aromatic rings. The van der Waals surface area contributed by atoms with Gasteiger partial charge in [-0.3, -0.25) is 4.79 Å². The van der Waals surface area contributed by atoms with Crippen molar-refractivity contribution in [3.05, 3.63) is 24.2 Å². The predicted molar refractivity (Wildman–Crippen MR) is 74.1 cm³/mol. The average molecular weight is 279 g/mol. The van der Waals surface area contributed by atoms with Crippen LogP contribution in [0.5, 0.6) is 0 Å². The molecule has 2 N–H and O–H groups in total. The SMILES string of the molecule is C[C@@H](NC(=O)NCCCN1CCCC1=O)c1ccco1. The molecule has 2 rings (SSSR count). The molecule has 0 bridgehead atoms. The van der Waals surface area contributed by atoms with Gasteiger partial charge < -0.3 is 20.0 Å². The first-order chi connectivity index (χ1) is 9.66. The molecule has 1 aliphatic heterocycles. The van der Waals surface area contributed by atoms with E-state index in [1.165, 1.54) is 0 Å². The van der Waals surface area contributed by atoms with Crippen LogP contribution < -0.4 is 10.6 Å². The number of nitrogens with zero attached hydrogens (tertiary/aromatic N) is 1. The quantitative estimate of drug-likeness (QED) is 0.778. The highest BCUT2D eigenvalue weighted by Crippen LogP contribution is 2.11. The van der Waals surface area contributed by atoms with Crippen molar-refractivity contribution < 1.29 is 14.0 Å². The summed E-state index contributed by atoms with van der Waals surface area (Å²) in [7, 11) is 0. The van der Waals surface area contributed by atoms with Crippen LogP contribution in [0.4, 0.5) is 4.79 Å². The fraction of sp³-hybridized carbons (Fsp3) is 0.571. The van der Waals surface area contributed by atoms with Crippen LogP contribution in [0.15, 0.2) is 22.8 Å². The Hall–Kier alpha value is -1.98. The molecule has 1 fully saturated rings. The Morgan fingerprint density at radius 3 is 3.05 bits per heavy atom. The molecule has 6 heteroatoms. The maximum absolute atomic E-state index is 11.7. The number of amides is 3. The zero-order valence-corrected chi connectivity index (χ0v) is 11.7. The Balaban J connectivity index is 1.59. The first-order valence-electron chi connectivity index (χ1n) is 7.02. The number of carbonyl (C=O) groups excluding carboxylic acids is 2. The lowest BCUT2D eigenvalue weighted by molar-refractivity contribution is -0.127. The molecule has 1 atom stereocenters. The van der Waals surface area contributed by atoms with E-state index in [1.54, 1.807) is 12.3 Å². The van der Waals surface area contributed by atoms with E-state index in [4.69, 9.17) is 4.42 Å². The second-order valence-corrected chi connectivity index (χ2v) is 4.98. The van der Waals surface area contributed by atoms with Crippen LogP contribution in [-0.2, 0) is 4.79 Å². The zero-order chi connectivity index (χ0) is 14.4. The first kappa shape index (κ1) is 14.4. The van der Waals surface area contributed by atoms with Gasteiger partial charge in [0.05, 0.1) is 12.3 Å². The number of likely N-dealkylation sites (tertiary alicyclic amines) is 1. The second kappa shape index (κ2) is 6.98. The third-order valence-electron chi connectivity index (χ3n) is 3.38. The van der Waals surface area contributed by atoms with Crippen molar-refractivity contribution in [3.8, 4) is 0 Å². The van der Waals surface area contributed by atoms with Crippen LogP contribution in [0.1, 0.15) is 38.0 Å². The van der Waals surface area contributed by atoms with Gasteiger partial charge >= 0.3 is 6.03 Å².